The topological polar surface area (TPSA) is 20.2 Å². The van der Waals surface area contributed by atoms with Crippen LogP contribution in [-0.4, -0.2) is 11.2 Å². The molecular formula is C13H26O. The van der Waals surface area contributed by atoms with Gasteiger partial charge in [0.15, 0.2) is 0 Å². The standard InChI is InChI=1S/C13H26O/c1-4-7-13(14)12-9-6-5-8-11(12)10(2)3/h10-14H,4-9H2,1-3H3. The van der Waals surface area contributed by atoms with Gasteiger partial charge in [0, 0.05) is 0 Å². The molecule has 0 aromatic carbocycles. The van der Waals surface area contributed by atoms with E-state index in [0.717, 1.165) is 24.7 Å². The lowest BCUT2D eigenvalue weighted by molar-refractivity contribution is 0.0246. The second kappa shape index (κ2) is 5.75. The van der Waals surface area contributed by atoms with Crippen molar-refractivity contribution in [2.45, 2.75) is 65.4 Å². The maximum Gasteiger partial charge on any atom is 0.0571 e. The second-order valence-corrected chi connectivity index (χ2v) is 5.21. The van der Waals surface area contributed by atoms with Gasteiger partial charge in [-0.15, -0.1) is 0 Å². The van der Waals surface area contributed by atoms with Gasteiger partial charge in [-0.25, -0.2) is 0 Å². The molecule has 1 aliphatic rings. The SMILES string of the molecule is CCCC(O)C1CCCCC1C(C)C. The van der Waals surface area contributed by atoms with Gasteiger partial charge in [0.05, 0.1) is 6.10 Å². The molecule has 3 atom stereocenters. The van der Waals surface area contributed by atoms with Crippen LogP contribution in [0.25, 0.3) is 0 Å². The Kier molecular flexibility index (Phi) is 4.94. The van der Waals surface area contributed by atoms with Crippen molar-refractivity contribution in [1.82, 2.24) is 0 Å². The van der Waals surface area contributed by atoms with E-state index in [2.05, 4.69) is 20.8 Å². The van der Waals surface area contributed by atoms with E-state index in [1.165, 1.54) is 25.7 Å². The summed E-state index contributed by atoms with van der Waals surface area (Å²) in [4.78, 5) is 0. The fourth-order valence-electron chi connectivity index (χ4n) is 3.00. The van der Waals surface area contributed by atoms with Crippen LogP contribution in [0.15, 0.2) is 0 Å². The Morgan fingerprint density at radius 1 is 1.14 bits per heavy atom. The summed E-state index contributed by atoms with van der Waals surface area (Å²) in [7, 11) is 0. The molecule has 1 fully saturated rings. The first kappa shape index (κ1) is 12.0. The molecule has 1 nitrogen and oxygen atoms in total. The summed E-state index contributed by atoms with van der Waals surface area (Å²) >= 11 is 0. The number of aliphatic hydroxyl groups is 1. The van der Waals surface area contributed by atoms with Gasteiger partial charge in [-0.3, -0.25) is 0 Å². The molecule has 1 N–H and O–H groups in total. The molecule has 0 aromatic heterocycles. The molecule has 3 unspecified atom stereocenters. The Bertz CT molecular complexity index is 153. The average molecular weight is 198 g/mol. The normalized spacial score (nSPS) is 30.6. The van der Waals surface area contributed by atoms with Gasteiger partial charge in [-0.1, -0.05) is 40.0 Å². The van der Waals surface area contributed by atoms with Crippen molar-refractivity contribution in [2.75, 3.05) is 0 Å². The summed E-state index contributed by atoms with van der Waals surface area (Å²) in [5.74, 6) is 2.10. The van der Waals surface area contributed by atoms with E-state index in [1.807, 2.05) is 0 Å². The van der Waals surface area contributed by atoms with Gasteiger partial charge in [0.1, 0.15) is 0 Å². The summed E-state index contributed by atoms with van der Waals surface area (Å²) in [5.41, 5.74) is 0. The molecule has 0 bridgehead atoms. The molecule has 84 valence electrons. The first-order chi connectivity index (χ1) is 6.66. The van der Waals surface area contributed by atoms with Crippen molar-refractivity contribution >= 4 is 0 Å². The van der Waals surface area contributed by atoms with Crippen molar-refractivity contribution in [3.8, 4) is 0 Å². The highest BCUT2D eigenvalue weighted by molar-refractivity contribution is 4.82. The summed E-state index contributed by atoms with van der Waals surface area (Å²) in [6, 6.07) is 0. The maximum atomic E-state index is 10.1. The van der Waals surface area contributed by atoms with Gasteiger partial charge >= 0.3 is 0 Å². The molecule has 0 saturated heterocycles. The van der Waals surface area contributed by atoms with Crippen molar-refractivity contribution in [3.05, 3.63) is 0 Å². The molecule has 0 heterocycles. The lowest BCUT2D eigenvalue weighted by atomic mass is 9.70. The van der Waals surface area contributed by atoms with E-state index in [-0.39, 0.29) is 6.10 Å². The molecule has 0 amide bonds. The molecular weight excluding hydrogens is 172 g/mol. The third kappa shape index (κ3) is 2.98. The van der Waals surface area contributed by atoms with Gasteiger partial charge < -0.3 is 5.11 Å². The van der Waals surface area contributed by atoms with E-state index in [4.69, 9.17) is 0 Å². The molecule has 14 heavy (non-hydrogen) atoms. The van der Waals surface area contributed by atoms with E-state index in [0.29, 0.717) is 5.92 Å². The fourth-order valence-corrected chi connectivity index (χ4v) is 3.00. The van der Waals surface area contributed by atoms with Crippen LogP contribution in [0.2, 0.25) is 0 Å². The minimum Gasteiger partial charge on any atom is -0.393 e. The molecule has 0 spiro atoms. The number of hydrogen-bond acceptors (Lipinski definition) is 1. The van der Waals surface area contributed by atoms with Gasteiger partial charge in [-0.05, 0) is 37.0 Å². The summed E-state index contributed by atoms with van der Waals surface area (Å²) in [5, 5.41) is 10.1. The zero-order valence-corrected chi connectivity index (χ0v) is 10.00. The summed E-state index contributed by atoms with van der Waals surface area (Å²) < 4.78 is 0. The number of hydrogen-bond donors (Lipinski definition) is 1. The fraction of sp³-hybridized carbons (Fsp3) is 1.00. The Balaban J connectivity index is 2.53. The van der Waals surface area contributed by atoms with Crippen LogP contribution in [-0.2, 0) is 0 Å². The molecule has 0 radical (unpaired) electrons. The highest BCUT2D eigenvalue weighted by Crippen LogP contribution is 2.37. The van der Waals surface area contributed by atoms with E-state index >= 15 is 0 Å². The smallest absolute Gasteiger partial charge is 0.0571 e. The third-order valence-electron chi connectivity index (χ3n) is 3.81. The van der Waals surface area contributed by atoms with Crippen LogP contribution in [0.4, 0.5) is 0 Å². The summed E-state index contributed by atoms with van der Waals surface area (Å²) in [6.45, 7) is 6.78. The largest absolute Gasteiger partial charge is 0.393 e. The lowest BCUT2D eigenvalue weighted by Gasteiger charge is -2.37. The van der Waals surface area contributed by atoms with Crippen molar-refractivity contribution < 1.29 is 5.11 Å². The Morgan fingerprint density at radius 2 is 1.71 bits per heavy atom. The highest BCUT2D eigenvalue weighted by Gasteiger charge is 2.31. The molecule has 1 aliphatic carbocycles. The maximum absolute atomic E-state index is 10.1. The third-order valence-corrected chi connectivity index (χ3v) is 3.81. The van der Waals surface area contributed by atoms with Gasteiger partial charge in [0.2, 0.25) is 0 Å². The Labute approximate surface area is 88.9 Å². The van der Waals surface area contributed by atoms with E-state index < -0.39 is 0 Å². The molecule has 1 heteroatoms. The zero-order chi connectivity index (χ0) is 10.6. The van der Waals surface area contributed by atoms with E-state index in [9.17, 15) is 5.11 Å². The quantitative estimate of drug-likeness (QED) is 0.731. The van der Waals surface area contributed by atoms with Crippen molar-refractivity contribution in [2.24, 2.45) is 17.8 Å². The van der Waals surface area contributed by atoms with Crippen molar-refractivity contribution in [3.63, 3.8) is 0 Å². The minimum atomic E-state index is -0.0345. The molecule has 1 saturated carbocycles. The summed E-state index contributed by atoms with van der Waals surface area (Å²) in [6.07, 6.45) is 7.36. The first-order valence-electron chi connectivity index (χ1n) is 6.34. The average Bonchev–Trinajstić information content (AvgIpc) is 2.18. The van der Waals surface area contributed by atoms with Crippen LogP contribution in [0.1, 0.15) is 59.3 Å². The number of aliphatic hydroxyl groups excluding tert-OH is 1. The lowest BCUT2D eigenvalue weighted by Crippen LogP contribution is -2.33. The number of rotatable bonds is 4. The van der Waals surface area contributed by atoms with Crippen LogP contribution in [0, 0.1) is 17.8 Å². The predicted octanol–water partition coefficient (Wildman–Crippen LogP) is 3.61. The predicted molar refractivity (Wildman–Crippen MR) is 61.2 cm³/mol. The molecule has 1 rings (SSSR count). The monoisotopic (exact) mass is 198 g/mol. The van der Waals surface area contributed by atoms with Crippen LogP contribution in [0.5, 0.6) is 0 Å². The first-order valence-corrected chi connectivity index (χ1v) is 6.34. The molecule has 0 aromatic rings. The van der Waals surface area contributed by atoms with Crippen LogP contribution in [0.3, 0.4) is 0 Å². The van der Waals surface area contributed by atoms with Crippen molar-refractivity contribution in [1.29, 1.82) is 0 Å². The van der Waals surface area contributed by atoms with Gasteiger partial charge in [-0.2, -0.15) is 0 Å². The highest BCUT2D eigenvalue weighted by atomic mass is 16.3. The van der Waals surface area contributed by atoms with Gasteiger partial charge in [0.25, 0.3) is 0 Å². The minimum absolute atomic E-state index is 0.0345. The second-order valence-electron chi connectivity index (χ2n) is 5.21. The van der Waals surface area contributed by atoms with Crippen LogP contribution >= 0.6 is 0 Å². The Morgan fingerprint density at radius 3 is 2.21 bits per heavy atom. The van der Waals surface area contributed by atoms with Crippen LogP contribution < -0.4 is 0 Å². The Hall–Kier alpha value is -0.0400. The zero-order valence-electron chi connectivity index (χ0n) is 10.00. The molecule has 0 aliphatic heterocycles. The van der Waals surface area contributed by atoms with E-state index in [1.54, 1.807) is 0 Å².